The predicted molar refractivity (Wildman–Crippen MR) is 71.5 cm³/mol. The third kappa shape index (κ3) is 3.59. The van der Waals surface area contributed by atoms with E-state index >= 15 is 0 Å². The van der Waals surface area contributed by atoms with Gasteiger partial charge in [0.2, 0.25) is 0 Å². The monoisotopic (exact) mass is 291 g/mol. The highest BCUT2D eigenvalue weighted by atomic mass is 35.5. The van der Waals surface area contributed by atoms with E-state index in [4.69, 9.17) is 16.3 Å². The lowest BCUT2D eigenvalue weighted by Crippen LogP contribution is -2.42. The lowest BCUT2D eigenvalue weighted by Gasteiger charge is -2.32. The van der Waals surface area contributed by atoms with Crippen molar-refractivity contribution in [3.8, 4) is 0 Å². The normalized spacial score (nSPS) is 17.8. The molecule has 1 aliphatic rings. The molecule has 1 atom stereocenters. The largest absolute Gasteiger partial charge is 0.480 e. The first-order chi connectivity index (χ1) is 8.18. The third-order valence-electron chi connectivity index (χ3n) is 2.81. The van der Waals surface area contributed by atoms with Crippen molar-refractivity contribution in [3.05, 3.63) is 34.9 Å². The molecule has 0 saturated carbocycles. The van der Waals surface area contributed by atoms with Gasteiger partial charge in [0.15, 0.2) is 0 Å². The van der Waals surface area contributed by atoms with Crippen LogP contribution < -0.4 is 0 Å². The molecule has 6 heteroatoms. The van der Waals surface area contributed by atoms with E-state index in [-0.39, 0.29) is 12.4 Å². The second-order valence-electron chi connectivity index (χ2n) is 3.94. The average molecular weight is 292 g/mol. The number of carbonyl (C=O) groups is 1. The second kappa shape index (κ2) is 6.95. The van der Waals surface area contributed by atoms with Crippen LogP contribution >= 0.6 is 24.0 Å². The van der Waals surface area contributed by atoms with Crippen molar-refractivity contribution in [1.82, 2.24) is 4.90 Å². The number of morpholine rings is 1. The van der Waals surface area contributed by atoms with Crippen LogP contribution in [0.2, 0.25) is 5.02 Å². The number of aliphatic carboxylic acids is 1. The molecule has 1 unspecified atom stereocenters. The Balaban J connectivity index is 0.00000162. The van der Waals surface area contributed by atoms with Gasteiger partial charge in [-0.05, 0) is 17.7 Å². The number of ether oxygens (including phenoxy) is 1. The summed E-state index contributed by atoms with van der Waals surface area (Å²) in [6.45, 7) is 2.40. The lowest BCUT2D eigenvalue weighted by molar-refractivity contribution is -0.145. The molecule has 1 aliphatic heterocycles. The molecule has 1 aromatic rings. The van der Waals surface area contributed by atoms with Gasteiger partial charge in [-0.15, -0.1) is 12.4 Å². The Morgan fingerprint density at radius 1 is 1.39 bits per heavy atom. The van der Waals surface area contributed by atoms with Gasteiger partial charge in [-0.2, -0.15) is 0 Å². The number of carboxylic acid groups (broad SMARTS) is 1. The van der Waals surface area contributed by atoms with Gasteiger partial charge in [-0.25, -0.2) is 0 Å². The molecule has 1 heterocycles. The maximum atomic E-state index is 11.4. The Hall–Kier alpha value is -0.810. The zero-order valence-electron chi connectivity index (χ0n) is 9.71. The Morgan fingerprint density at radius 3 is 2.61 bits per heavy atom. The van der Waals surface area contributed by atoms with Gasteiger partial charge in [-0.3, -0.25) is 9.69 Å². The molecular formula is C12H15Cl2NO3. The fourth-order valence-electron chi connectivity index (χ4n) is 2.02. The predicted octanol–water partition coefficient (Wildman–Crippen LogP) is 2.22. The summed E-state index contributed by atoms with van der Waals surface area (Å²) in [5.74, 6) is -0.853. The summed E-state index contributed by atoms with van der Waals surface area (Å²) in [6, 6.07) is 6.37. The number of hydrogen-bond acceptors (Lipinski definition) is 3. The molecule has 100 valence electrons. The van der Waals surface area contributed by atoms with E-state index < -0.39 is 12.0 Å². The van der Waals surface area contributed by atoms with Crippen molar-refractivity contribution in [1.29, 1.82) is 0 Å². The van der Waals surface area contributed by atoms with Crippen molar-refractivity contribution in [2.75, 3.05) is 26.3 Å². The fourth-order valence-corrected chi connectivity index (χ4v) is 2.22. The Bertz CT molecular complexity index is 408. The minimum absolute atomic E-state index is 0. The Labute approximate surface area is 117 Å². The summed E-state index contributed by atoms with van der Waals surface area (Å²) in [4.78, 5) is 13.3. The van der Waals surface area contributed by atoms with Gasteiger partial charge in [0.25, 0.3) is 0 Å². The van der Waals surface area contributed by atoms with Crippen LogP contribution in [-0.4, -0.2) is 42.3 Å². The van der Waals surface area contributed by atoms with Crippen LogP contribution in [0.3, 0.4) is 0 Å². The highest BCUT2D eigenvalue weighted by molar-refractivity contribution is 6.30. The summed E-state index contributed by atoms with van der Waals surface area (Å²) in [6.07, 6.45) is 0. The maximum Gasteiger partial charge on any atom is 0.325 e. The average Bonchev–Trinajstić information content (AvgIpc) is 2.30. The van der Waals surface area contributed by atoms with Crippen molar-refractivity contribution in [3.63, 3.8) is 0 Å². The van der Waals surface area contributed by atoms with E-state index in [1.165, 1.54) is 0 Å². The van der Waals surface area contributed by atoms with Crippen LogP contribution in [0.4, 0.5) is 0 Å². The zero-order chi connectivity index (χ0) is 12.3. The smallest absolute Gasteiger partial charge is 0.325 e. The quantitative estimate of drug-likeness (QED) is 0.928. The van der Waals surface area contributed by atoms with E-state index in [0.29, 0.717) is 36.9 Å². The first-order valence-corrected chi connectivity index (χ1v) is 5.86. The summed E-state index contributed by atoms with van der Waals surface area (Å²) in [5, 5.41) is 9.90. The number of rotatable bonds is 3. The van der Waals surface area contributed by atoms with Crippen LogP contribution in [0, 0.1) is 0 Å². The van der Waals surface area contributed by atoms with Crippen LogP contribution in [0.25, 0.3) is 0 Å². The molecule has 1 fully saturated rings. The minimum Gasteiger partial charge on any atom is -0.480 e. The van der Waals surface area contributed by atoms with Gasteiger partial charge in [0.1, 0.15) is 6.04 Å². The van der Waals surface area contributed by atoms with Crippen molar-refractivity contribution in [2.45, 2.75) is 6.04 Å². The van der Waals surface area contributed by atoms with Crippen LogP contribution in [0.15, 0.2) is 24.3 Å². The summed E-state index contributed by atoms with van der Waals surface area (Å²) in [7, 11) is 0. The van der Waals surface area contributed by atoms with Gasteiger partial charge < -0.3 is 9.84 Å². The summed E-state index contributed by atoms with van der Waals surface area (Å²) >= 11 is 5.90. The van der Waals surface area contributed by atoms with Gasteiger partial charge in [0.05, 0.1) is 13.2 Å². The molecule has 1 saturated heterocycles. The van der Waals surface area contributed by atoms with Crippen molar-refractivity contribution >= 4 is 30.0 Å². The van der Waals surface area contributed by atoms with Crippen molar-refractivity contribution in [2.24, 2.45) is 0 Å². The molecule has 4 nitrogen and oxygen atoms in total. The zero-order valence-corrected chi connectivity index (χ0v) is 11.3. The summed E-state index contributed by atoms with van der Waals surface area (Å²) < 4.78 is 5.23. The first kappa shape index (κ1) is 15.2. The number of nitrogens with zero attached hydrogens (tertiary/aromatic N) is 1. The van der Waals surface area contributed by atoms with Gasteiger partial charge in [0, 0.05) is 18.1 Å². The molecule has 0 aliphatic carbocycles. The molecule has 1 N–H and O–H groups in total. The van der Waals surface area contributed by atoms with E-state index in [1.54, 1.807) is 24.3 Å². The van der Waals surface area contributed by atoms with Crippen molar-refractivity contribution < 1.29 is 14.6 Å². The van der Waals surface area contributed by atoms with Gasteiger partial charge >= 0.3 is 5.97 Å². The van der Waals surface area contributed by atoms with Crippen LogP contribution in [0.1, 0.15) is 11.6 Å². The van der Waals surface area contributed by atoms with E-state index in [1.807, 2.05) is 4.90 Å². The standard InChI is InChI=1S/C12H14ClNO3.ClH/c13-10-3-1-2-9(8-10)11(12(15)16)14-4-6-17-7-5-14;/h1-3,8,11H,4-7H2,(H,15,16);1H. The van der Waals surface area contributed by atoms with E-state index in [2.05, 4.69) is 0 Å². The highest BCUT2D eigenvalue weighted by Gasteiger charge is 2.28. The lowest BCUT2D eigenvalue weighted by atomic mass is 10.1. The number of benzene rings is 1. The maximum absolute atomic E-state index is 11.4. The van der Waals surface area contributed by atoms with Crippen LogP contribution in [-0.2, 0) is 9.53 Å². The molecule has 0 radical (unpaired) electrons. The third-order valence-corrected chi connectivity index (χ3v) is 3.04. The topological polar surface area (TPSA) is 49.8 Å². The number of halogens is 2. The molecule has 0 aromatic heterocycles. The molecule has 0 bridgehead atoms. The first-order valence-electron chi connectivity index (χ1n) is 5.48. The summed E-state index contributed by atoms with van der Waals surface area (Å²) in [5.41, 5.74) is 0.715. The molecule has 2 rings (SSSR count). The highest BCUT2D eigenvalue weighted by Crippen LogP contribution is 2.24. The molecular weight excluding hydrogens is 277 g/mol. The molecule has 0 spiro atoms. The van der Waals surface area contributed by atoms with E-state index in [0.717, 1.165) is 0 Å². The van der Waals surface area contributed by atoms with Gasteiger partial charge in [-0.1, -0.05) is 23.7 Å². The van der Waals surface area contributed by atoms with Crippen LogP contribution in [0.5, 0.6) is 0 Å². The second-order valence-corrected chi connectivity index (χ2v) is 4.38. The Kier molecular flexibility index (Phi) is 5.88. The van der Waals surface area contributed by atoms with E-state index in [9.17, 15) is 9.90 Å². The molecule has 0 amide bonds. The number of hydrogen-bond donors (Lipinski definition) is 1. The number of carboxylic acids is 1. The minimum atomic E-state index is -0.853. The Morgan fingerprint density at radius 2 is 2.06 bits per heavy atom. The SMILES string of the molecule is Cl.O=C(O)C(c1cccc(Cl)c1)N1CCOCC1. The molecule has 18 heavy (non-hydrogen) atoms. The fraction of sp³-hybridized carbons (Fsp3) is 0.417. The molecule has 1 aromatic carbocycles.